The fourth-order valence-corrected chi connectivity index (χ4v) is 6.83. The zero-order valence-electron chi connectivity index (χ0n) is 16.3. The van der Waals surface area contributed by atoms with Crippen molar-refractivity contribution >= 4 is 40.6 Å². The molecule has 7 atom stereocenters. The van der Waals surface area contributed by atoms with Crippen molar-refractivity contribution in [3.05, 3.63) is 16.7 Å². The summed E-state index contributed by atoms with van der Waals surface area (Å²) in [4.78, 5) is 57.5. The van der Waals surface area contributed by atoms with Crippen molar-refractivity contribution in [3.8, 4) is 0 Å². The second kappa shape index (κ2) is 7.21. The number of nitrogens with zero attached hydrogens (tertiary/aromatic N) is 3. The van der Waals surface area contributed by atoms with Crippen molar-refractivity contribution in [2.24, 2.45) is 0 Å². The SMILES string of the molecule is C[C@]1(O)[C@H](n2cnc3c(=O)[nH]c(N)nc32)O[C@]2(F)C(OP(=O)(O)OP(=O)(O)OP(=O)(O)O)[C@]12O. The van der Waals surface area contributed by atoms with Crippen LogP contribution in [0.2, 0.25) is 0 Å². The lowest BCUT2D eigenvalue weighted by molar-refractivity contribution is -0.178. The van der Waals surface area contributed by atoms with Crippen LogP contribution in [0.5, 0.6) is 0 Å². The minimum atomic E-state index is -5.93. The Bertz CT molecular complexity index is 1390. The number of alkyl halides is 1. The third-order valence-electron chi connectivity index (χ3n) is 5.05. The predicted octanol–water partition coefficient (Wildman–Crippen LogP) is -1.90. The average molecular weight is 553 g/mol. The molecule has 3 unspecified atom stereocenters. The molecule has 2 aromatic rings. The number of imidazole rings is 1. The van der Waals surface area contributed by atoms with Gasteiger partial charge in [-0.05, 0) is 6.92 Å². The van der Waals surface area contributed by atoms with Gasteiger partial charge in [-0.2, -0.15) is 13.6 Å². The lowest BCUT2D eigenvalue weighted by atomic mass is 9.95. The Hall–Kier alpha value is -1.63. The van der Waals surface area contributed by atoms with Crippen molar-refractivity contribution < 1.29 is 65.8 Å². The summed E-state index contributed by atoms with van der Waals surface area (Å²) in [6.45, 7) is 0.821. The van der Waals surface area contributed by atoms with Gasteiger partial charge in [0, 0.05) is 0 Å². The number of nitrogens with two attached hydrogens (primary N) is 1. The highest BCUT2D eigenvalue weighted by molar-refractivity contribution is 7.66. The van der Waals surface area contributed by atoms with Gasteiger partial charge in [0.15, 0.2) is 29.1 Å². The van der Waals surface area contributed by atoms with Crippen LogP contribution in [-0.2, 0) is 31.6 Å². The summed E-state index contributed by atoms with van der Waals surface area (Å²) in [6, 6.07) is 0. The lowest BCUT2D eigenvalue weighted by Crippen LogP contribution is -2.48. The number of fused-ring (bicyclic) bond motifs is 2. The first-order valence-corrected chi connectivity index (χ1v) is 13.1. The van der Waals surface area contributed by atoms with Gasteiger partial charge in [-0.15, -0.1) is 0 Å². The molecule has 0 radical (unpaired) electrons. The Morgan fingerprint density at radius 2 is 1.82 bits per heavy atom. The Balaban J connectivity index is 1.61. The van der Waals surface area contributed by atoms with Crippen LogP contribution in [0.4, 0.5) is 10.3 Å². The maximum atomic E-state index is 15.4. The van der Waals surface area contributed by atoms with Crippen LogP contribution >= 0.6 is 23.5 Å². The van der Waals surface area contributed by atoms with E-state index in [1.807, 2.05) is 0 Å². The molecule has 4 rings (SSSR count). The van der Waals surface area contributed by atoms with Gasteiger partial charge >= 0.3 is 23.5 Å². The number of aromatic nitrogens is 4. The molecule has 2 fully saturated rings. The van der Waals surface area contributed by atoms with Crippen molar-refractivity contribution in [2.75, 3.05) is 5.73 Å². The monoisotopic (exact) mass is 553 g/mol. The number of aliphatic hydroxyl groups is 2. The number of phosphoric acid groups is 3. The molecule has 1 aliphatic carbocycles. The highest BCUT2D eigenvalue weighted by Crippen LogP contribution is 2.74. The zero-order chi connectivity index (χ0) is 25.7. The van der Waals surface area contributed by atoms with E-state index in [0.717, 1.165) is 17.8 Å². The van der Waals surface area contributed by atoms with E-state index in [-0.39, 0.29) is 17.1 Å². The van der Waals surface area contributed by atoms with Crippen molar-refractivity contribution in [1.82, 2.24) is 19.5 Å². The van der Waals surface area contributed by atoms with E-state index in [1.165, 1.54) is 0 Å². The number of anilines is 1. The summed E-state index contributed by atoms with van der Waals surface area (Å²) in [6.07, 6.45) is -3.48. The van der Waals surface area contributed by atoms with Crippen molar-refractivity contribution in [3.63, 3.8) is 0 Å². The molecule has 1 aliphatic heterocycles. The number of rotatable bonds is 7. The quantitative estimate of drug-likeness (QED) is 0.174. The normalized spacial score (nSPS) is 36.7. The van der Waals surface area contributed by atoms with Crippen LogP contribution in [0.25, 0.3) is 11.2 Å². The number of aromatic amines is 1. The predicted molar refractivity (Wildman–Crippen MR) is 101 cm³/mol. The first-order valence-electron chi connectivity index (χ1n) is 8.60. The summed E-state index contributed by atoms with van der Waals surface area (Å²) in [5.74, 6) is -3.81. The molecule has 19 nitrogen and oxygen atoms in total. The van der Waals surface area contributed by atoms with Crippen LogP contribution < -0.4 is 11.3 Å². The van der Waals surface area contributed by atoms with Gasteiger partial charge in [0.2, 0.25) is 5.95 Å². The summed E-state index contributed by atoms with van der Waals surface area (Å²) in [5, 5.41) is 21.6. The fraction of sp³-hybridized carbons (Fsp3) is 0.545. The molecule has 0 amide bonds. The van der Waals surface area contributed by atoms with E-state index in [2.05, 4.69) is 28.1 Å². The van der Waals surface area contributed by atoms with Crippen LogP contribution in [0.15, 0.2) is 11.1 Å². The number of hydrogen-bond donors (Lipinski definition) is 8. The molecule has 0 bridgehead atoms. The topological polar surface area (TPSA) is 299 Å². The molecule has 1 saturated heterocycles. The van der Waals surface area contributed by atoms with Gasteiger partial charge in [-0.1, -0.05) is 0 Å². The lowest BCUT2D eigenvalue weighted by Gasteiger charge is -2.32. The number of nitrogens with one attached hydrogen (secondary N) is 1. The van der Waals surface area contributed by atoms with E-state index in [0.29, 0.717) is 0 Å². The Labute approximate surface area is 185 Å². The third kappa shape index (κ3) is 3.77. The Morgan fingerprint density at radius 3 is 2.35 bits per heavy atom. The number of hydrogen-bond acceptors (Lipinski definition) is 13. The highest BCUT2D eigenvalue weighted by atomic mass is 31.3. The van der Waals surface area contributed by atoms with Gasteiger partial charge in [-0.3, -0.25) is 18.9 Å². The molecule has 190 valence electrons. The molecular weight excluding hydrogens is 538 g/mol. The van der Waals surface area contributed by atoms with Crippen molar-refractivity contribution in [1.29, 1.82) is 0 Å². The third-order valence-corrected chi connectivity index (χ3v) is 8.85. The summed E-state index contributed by atoms with van der Waals surface area (Å²) in [5.41, 5.74) is -1.73. The van der Waals surface area contributed by atoms with Gasteiger partial charge in [0.05, 0.1) is 6.33 Å². The van der Waals surface area contributed by atoms with E-state index in [4.69, 9.17) is 20.3 Å². The summed E-state index contributed by atoms with van der Waals surface area (Å²) >= 11 is 0. The maximum Gasteiger partial charge on any atom is 0.490 e. The second-order valence-electron chi connectivity index (χ2n) is 7.38. The van der Waals surface area contributed by atoms with Crippen LogP contribution in [0.1, 0.15) is 13.2 Å². The molecule has 1 saturated carbocycles. The largest absolute Gasteiger partial charge is 0.490 e. The number of halogens is 1. The molecule has 9 N–H and O–H groups in total. The number of phosphoric ester groups is 1. The van der Waals surface area contributed by atoms with Gasteiger partial charge < -0.3 is 40.3 Å². The molecule has 2 aliphatic rings. The molecule has 23 heteroatoms. The smallest absolute Gasteiger partial charge is 0.382 e. The first-order chi connectivity index (χ1) is 15.2. The van der Waals surface area contributed by atoms with E-state index in [1.54, 1.807) is 0 Å². The second-order valence-corrected chi connectivity index (χ2v) is 11.8. The highest BCUT2D eigenvalue weighted by Gasteiger charge is 2.95. The van der Waals surface area contributed by atoms with Gasteiger partial charge in [0.25, 0.3) is 11.4 Å². The Morgan fingerprint density at radius 1 is 1.21 bits per heavy atom. The van der Waals surface area contributed by atoms with Gasteiger partial charge in [0.1, 0.15) is 5.60 Å². The zero-order valence-corrected chi connectivity index (χ0v) is 19.0. The minimum Gasteiger partial charge on any atom is -0.382 e. The summed E-state index contributed by atoms with van der Waals surface area (Å²) < 4.78 is 66.6. The molecule has 3 heterocycles. The Kier molecular flexibility index (Phi) is 5.40. The van der Waals surface area contributed by atoms with E-state index >= 15 is 4.39 Å². The van der Waals surface area contributed by atoms with Crippen molar-refractivity contribution in [2.45, 2.75) is 36.3 Å². The minimum absolute atomic E-state index is 0.288. The standard InChI is InChI=1S/C11H15FN5O14P3/c1-9(19)7(17-2-14-3-4(17)15-8(13)16-5(3)18)28-11(12)6(10(9,11)20)29-33(24,25)31-34(26,27)30-32(21,22)23/h2,6-7,19-20H,1H3,(H,24,25)(H,26,27)(H2,21,22,23)(H3,13,15,16,18)/t6?,7-,9+,10+,11-/m1/s1. The first kappa shape index (κ1) is 25.5. The molecule has 2 aromatic heterocycles. The molecule has 34 heavy (non-hydrogen) atoms. The number of H-pyrrole nitrogens is 1. The van der Waals surface area contributed by atoms with Crippen LogP contribution in [0.3, 0.4) is 0 Å². The summed E-state index contributed by atoms with van der Waals surface area (Å²) in [7, 11) is -17.5. The van der Waals surface area contributed by atoms with E-state index < -0.39 is 58.4 Å². The van der Waals surface area contributed by atoms with Crippen LogP contribution in [-0.4, -0.2) is 72.5 Å². The number of nitrogen functional groups attached to an aromatic ring is 1. The van der Waals surface area contributed by atoms with E-state index in [9.17, 15) is 38.5 Å². The molecule has 0 aromatic carbocycles. The van der Waals surface area contributed by atoms with Gasteiger partial charge in [-0.25, -0.2) is 23.1 Å². The maximum absolute atomic E-state index is 15.4. The fourth-order valence-electron chi connectivity index (χ4n) is 3.61. The average Bonchev–Trinajstić information content (AvgIpc) is 2.89. The number of ether oxygens (including phenoxy) is 1. The molecule has 0 spiro atoms. The molecular formula is C11H15FN5O14P3. The van der Waals surface area contributed by atoms with Crippen LogP contribution in [0, 0.1) is 0 Å².